The Morgan fingerprint density at radius 2 is 2.11 bits per heavy atom. The van der Waals surface area contributed by atoms with Crippen molar-refractivity contribution < 1.29 is 14.4 Å². The molecular weight excluding hydrogens is 234 g/mol. The minimum absolute atomic E-state index is 0.234. The Labute approximate surface area is 104 Å². The summed E-state index contributed by atoms with van der Waals surface area (Å²) in [5, 5.41) is 12.7. The van der Waals surface area contributed by atoms with Crippen LogP contribution in [0.5, 0.6) is 0 Å². The molecule has 1 heterocycles. The minimum Gasteiger partial charge on any atom is -0.394 e. The van der Waals surface area contributed by atoms with Crippen molar-refractivity contribution in [3.8, 4) is 0 Å². The van der Waals surface area contributed by atoms with Gasteiger partial charge in [0.1, 0.15) is 0 Å². The predicted octanol–water partition coefficient (Wildman–Crippen LogP) is 0.797. The maximum absolute atomic E-state index is 8.93. The van der Waals surface area contributed by atoms with Gasteiger partial charge in [0, 0.05) is 7.11 Å². The molecule has 0 saturated carbocycles. The summed E-state index contributed by atoms with van der Waals surface area (Å²) < 4.78 is 10.5. The van der Waals surface area contributed by atoms with Crippen LogP contribution in [0.1, 0.15) is 29.4 Å². The van der Waals surface area contributed by atoms with Crippen molar-refractivity contribution in [1.82, 2.24) is 10.1 Å². The van der Waals surface area contributed by atoms with Crippen LogP contribution >= 0.6 is 0 Å². The molecule has 0 spiro atoms. The van der Waals surface area contributed by atoms with Crippen LogP contribution in [0.4, 0.5) is 0 Å². The first-order valence-corrected chi connectivity index (χ1v) is 5.54. The van der Waals surface area contributed by atoms with E-state index in [1.807, 2.05) is 30.3 Å². The lowest BCUT2D eigenvalue weighted by atomic mass is 10.1. The first-order chi connectivity index (χ1) is 8.76. The van der Waals surface area contributed by atoms with Crippen molar-refractivity contribution in [1.29, 1.82) is 0 Å². The number of aliphatic hydroxyl groups excluding tert-OH is 1. The van der Waals surface area contributed by atoms with E-state index in [0.717, 1.165) is 5.56 Å². The van der Waals surface area contributed by atoms with Crippen molar-refractivity contribution in [3.63, 3.8) is 0 Å². The van der Waals surface area contributed by atoms with Crippen molar-refractivity contribution in [2.24, 2.45) is 5.73 Å². The molecule has 3 N–H and O–H groups in total. The number of aromatic nitrogens is 2. The molecule has 0 aliphatic heterocycles. The zero-order chi connectivity index (χ0) is 13.0. The Morgan fingerprint density at radius 3 is 2.72 bits per heavy atom. The number of nitrogens with two attached hydrogens (primary N) is 1. The zero-order valence-electron chi connectivity index (χ0n) is 9.98. The van der Waals surface area contributed by atoms with Gasteiger partial charge in [0.2, 0.25) is 0 Å². The molecule has 2 atom stereocenters. The van der Waals surface area contributed by atoms with Crippen LogP contribution in [-0.4, -0.2) is 29.0 Å². The third-order valence-corrected chi connectivity index (χ3v) is 2.55. The van der Waals surface area contributed by atoms with E-state index in [-0.39, 0.29) is 12.4 Å². The summed E-state index contributed by atoms with van der Waals surface area (Å²) in [4.78, 5) is 4.14. The summed E-state index contributed by atoms with van der Waals surface area (Å²) in [6, 6.07) is 8.89. The number of rotatable bonds is 5. The topological polar surface area (TPSA) is 94.4 Å². The average molecular weight is 249 g/mol. The van der Waals surface area contributed by atoms with E-state index in [9.17, 15) is 0 Å². The monoisotopic (exact) mass is 249 g/mol. The van der Waals surface area contributed by atoms with Crippen molar-refractivity contribution in [2.45, 2.75) is 12.1 Å². The lowest BCUT2D eigenvalue weighted by molar-refractivity contribution is 0.105. The number of aliphatic hydroxyl groups is 1. The fraction of sp³-hybridized carbons (Fsp3) is 0.333. The van der Waals surface area contributed by atoms with E-state index in [1.165, 1.54) is 0 Å². The zero-order valence-corrected chi connectivity index (χ0v) is 9.98. The number of benzene rings is 1. The SMILES string of the molecule is COC(c1ccccc1)c1nc(C(N)CO)no1. The van der Waals surface area contributed by atoms with E-state index >= 15 is 0 Å². The highest BCUT2D eigenvalue weighted by Crippen LogP contribution is 2.24. The summed E-state index contributed by atoms with van der Waals surface area (Å²) in [5.74, 6) is 0.591. The number of ether oxygens (including phenoxy) is 1. The van der Waals surface area contributed by atoms with E-state index in [2.05, 4.69) is 10.1 Å². The average Bonchev–Trinajstić information content (AvgIpc) is 2.89. The van der Waals surface area contributed by atoms with Gasteiger partial charge >= 0.3 is 0 Å². The standard InChI is InChI=1S/C12H15N3O3/c1-17-10(8-5-3-2-4-6-8)12-14-11(15-18-12)9(13)7-16/h2-6,9-10,16H,7,13H2,1H3. The van der Waals surface area contributed by atoms with E-state index < -0.39 is 12.1 Å². The summed E-state index contributed by atoms with van der Waals surface area (Å²) in [6.45, 7) is -0.234. The van der Waals surface area contributed by atoms with Crippen LogP contribution in [0.2, 0.25) is 0 Å². The molecule has 1 aromatic heterocycles. The van der Waals surface area contributed by atoms with Crippen molar-refractivity contribution in [3.05, 3.63) is 47.6 Å². The summed E-state index contributed by atoms with van der Waals surface area (Å²) in [7, 11) is 1.56. The number of methoxy groups -OCH3 is 1. The Kier molecular flexibility index (Phi) is 4.03. The van der Waals surface area contributed by atoms with Crippen LogP contribution in [0.3, 0.4) is 0 Å². The van der Waals surface area contributed by atoms with Gasteiger partial charge in [0.05, 0.1) is 12.6 Å². The molecular formula is C12H15N3O3. The maximum atomic E-state index is 8.93. The molecule has 0 amide bonds. The lowest BCUT2D eigenvalue weighted by Crippen LogP contribution is -2.16. The second kappa shape index (κ2) is 5.72. The highest BCUT2D eigenvalue weighted by molar-refractivity contribution is 5.22. The molecule has 2 aromatic rings. The van der Waals surface area contributed by atoms with E-state index in [4.69, 9.17) is 20.1 Å². The fourth-order valence-electron chi connectivity index (χ4n) is 1.59. The Balaban J connectivity index is 2.26. The molecule has 6 nitrogen and oxygen atoms in total. The van der Waals surface area contributed by atoms with Gasteiger partial charge in [-0.1, -0.05) is 35.5 Å². The quantitative estimate of drug-likeness (QED) is 0.813. The number of hydrogen-bond donors (Lipinski definition) is 2. The predicted molar refractivity (Wildman–Crippen MR) is 63.6 cm³/mol. The number of hydrogen-bond acceptors (Lipinski definition) is 6. The minimum atomic E-state index is -0.643. The third-order valence-electron chi connectivity index (χ3n) is 2.55. The lowest BCUT2D eigenvalue weighted by Gasteiger charge is -2.10. The smallest absolute Gasteiger partial charge is 0.260 e. The molecule has 0 fully saturated rings. The molecule has 6 heteroatoms. The summed E-state index contributed by atoms with van der Waals surface area (Å²) >= 11 is 0. The highest BCUT2D eigenvalue weighted by Gasteiger charge is 2.22. The molecule has 0 aliphatic carbocycles. The van der Waals surface area contributed by atoms with Gasteiger partial charge in [0.25, 0.3) is 5.89 Å². The molecule has 18 heavy (non-hydrogen) atoms. The summed E-state index contributed by atoms with van der Waals surface area (Å²) in [6.07, 6.45) is -0.432. The second-order valence-corrected chi connectivity index (χ2v) is 3.81. The van der Waals surface area contributed by atoms with Crippen molar-refractivity contribution in [2.75, 3.05) is 13.7 Å². The molecule has 1 aromatic carbocycles. The number of nitrogens with zero attached hydrogens (tertiary/aromatic N) is 2. The van der Waals surface area contributed by atoms with Gasteiger partial charge in [-0.2, -0.15) is 4.98 Å². The highest BCUT2D eigenvalue weighted by atomic mass is 16.5. The molecule has 2 rings (SSSR count). The van der Waals surface area contributed by atoms with Crippen LogP contribution < -0.4 is 5.73 Å². The van der Waals surface area contributed by atoms with Gasteiger partial charge in [-0.25, -0.2) is 0 Å². The fourth-order valence-corrected chi connectivity index (χ4v) is 1.59. The Bertz CT molecular complexity index is 486. The van der Waals surface area contributed by atoms with Crippen molar-refractivity contribution >= 4 is 0 Å². The van der Waals surface area contributed by atoms with Crippen LogP contribution in [0.15, 0.2) is 34.9 Å². The van der Waals surface area contributed by atoms with Gasteiger partial charge in [0.15, 0.2) is 11.9 Å². The van der Waals surface area contributed by atoms with Crippen LogP contribution in [0, 0.1) is 0 Å². The maximum Gasteiger partial charge on any atom is 0.260 e. The molecule has 2 unspecified atom stereocenters. The van der Waals surface area contributed by atoms with E-state index in [1.54, 1.807) is 7.11 Å². The molecule has 0 bridgehead atoms. The van der Waals surface area contributed by atoms with Gasteiger partial charge < -0.3 is 20.1 Å². The molecule has 96 valence electrons. The third kappa shape index (κ3) is 2.56. The van der Waals surface area contributed by atoms with Crippen LogP contribution in [-0.2, 0) is 4.74 Å². The summed E-state index contributed by atoms with van der Waals surface area (Å²) in [5.41, 5.74) is 6.52. The van der Waals surface area contributed by atoms with E-state index in [0.29, 0.717) is 5.89 Å². The molecule has 0 aliphatic rings. The largest absolute Gasteiger partial charge is 0.394 e. The first kappa shape index (κ1) is 12.7. The normalized spacial score (nSPS) is 14.4. The van der Waals surface area contributed by atoms with Gasteiger partial charge in [-0.05, 0) is 5.56 Å². The van der Waals surface area contributed by atoms with Crippen LogP contribution in [0.25, 0.3) is 0 Å². The van der Waals surface area contributed by atoms with Gasteiger partial charge in [-0.15, -0.1) is 0 Å². The Morgan fingerprint density at radius 1 is 1.39 bits per heavy atom. The molecule has 0 radical (unpaired) electrons. The van der Waals surface area contributed by atoms with Gasteiger partial charge in [-0.3, -0.25) is 0 Å². The molecule has 0 saturated heterocycles. The second-order valence-electron chi connectivity index (χ2n) is 3.81. The first-order valence-electron chi connectivity index (χ1n) is 5.54. The Hall–Kier alpha value is -1.76.